The van der Waals surface area contributed by atoms with Crippen LogP contribution in [0.15, 0.2) is 53.8 Å². The predicted octanol–water partition coefficient (Wildman–Crippen LogP) is 4.75. The number of alkyl halides is 3. The number of pyridine rings is 1. The second kappa shape index (κ2) is 7.79. The van der Waals surface area contributed by atoms with Gasteiger partial charge in [-0.25, -0.2) is 9.67 Å². The molecule has 140 valence electrons. The second-order valence-corrected chi connectivity index (χ2v) is 6.09. The van der Waals surface area contributed by atoms with E-state index in [0.717, 1.165) is 17.8 Å². The van der Waals surface area contributed by atoms with Crippen LogP contribution in [-0.4, -0.2) is 21.0 Å². The van der Waals surface area contributed by atoms with Crippen LogP contribution in [0.2, 0.25) is 5.15 Å². The van der Waals surface area contributed by atoms with Crippen LogP contribution in [0.3, 0.4) is 0 Å². The monoisotopic (exact) mass is 393 g/mol. The highest BCUT2D eigenvalue weighted by molar-refractivity contribution is 6.32. The molecule has 1 aromatic carbocycles. The molecule has 0 atom stereocenters. The van der Waals surface area contributed by atoms with Crippen molar-refractivity contribution in [2.75, 3.05) is 5.43 Å². The summed E-state index contributed by atoms with van der Waals surface area (Å²) < 4.78 is 39.2. The first-order chi connectivity index (χ1) is 12.8. The number of hydrogen-bond donors (Lipinski definition) is 1. The molecule has 0 unspecified atom stereocenters. The topological polar surface area (TPSA) is 55.1 Å². The van der Waals surface area contributed by atoms with Gasteiger partial charge in [-0.05, 0) is 24.6 Å². The molecule has 2 heterocycles. The first kappa shape index (κ1) is 18.9. The first-order valence-electron chi connectivity index (χ1n) is 7.94. The van der Waals surface area contributed by atoms with E-state index in [9.17, 15) is 13.2 Å². The molecule has 0 bridgehead atoms. The highest BCUT2D eigenvalue weighted by Crippen LogP contribution is 2.28. The SMILES string of the molecule is Cc1nn(Cc2ccccc2)c(Cl)c1C=NNc1ccc(C(F)(F)F)cn1. The fourth-order valence-electron chi connectivity index (χ4n) is 2.37. The molecule has 0 aliphatic rings. The highest BCUT2D eigenvalue weighted by Gasteiger charge is 2.30. The Labute approximate surface area is 158 Å². The van der Waals surface area contributed by atoms with Gasteiger partial charge in [-0.2, -0.15) is 23.4 Å². The molecular weight excluding hydrogens is 379 g/mol. The van der Waals surface area contributed by atoms with Gasteiger partial charge in [0.15, 0.2) is 0 Å². The third-order valence-corrected chi connectivity index (χ3v) is 4.15. The average Bonchev–Trinajstić information content (AvgIpc) is 2.89. The molecule has 0 aliphatic heterocycles. The van der Waals surface area contributed by atoms with Gasteiger partial charge in [0.1, 0.15) is 11.0 Å². The minimum Gasteiger partial charge on any atom is -0.261 e. The van der Waals surface area contributed by atoms with E-state index in [-0.39, 0.29) is 5.82 Å². The van der Waals surface area contributed by atoms with Crippen LogP contribution < -0.4 is 5.43 Å². The molecule has 0 spiro atoms. The zero-order valence-electron chi connectivity index (χ0n) is 14.2. The maximum atomic E-state index is 12.5. The third kappa shape index (κ3) is 4.65. The Morgan fingerprint density at radius 1 is 1.19 bits per heavy atom. The van der Waals surface area contributed by atoms with E-state index in [1.165, 1.54) is 12.3 Å². The smallest absolute Gasteiger partial charge is 0.261 e. The molecule has 5 nitrogen and oxygen atoms in total. The van der Waals surface area contributed by atoms with Crippen LogP contribution in [0.4, 0.5) is 19.0 Å². The molecule has 0 saturated carbocycles. The number of nitrogens with zero attached hydrogens (tertiary/aromatic N) is 4. The number of hydrogen-bond acceptors (Lipinski definition) is 4. The van der Waals surface area contributed by atoms with Gasteiger partial charge >= 0.3 is 6.18 Å². The summed E-state index contributed by atoms with van der Waals surface area (Å²) in [6.07, 6.45) is -2.22. The van der Waals surface area contributed by atoms with Gasteiger partial charge in [-0.1, -0.05) is 41.9 Å². The standard InChI is InChI=1S/C18H15ClF3N5/c1-12-15(17(19)27(26-12)11-13-5-3-2-4-6-13)10-24-25-16-8-7-14(9-23-16)18(20,21)22/h2-10H,11H2,1H3,(H,23,25). The summed E-state index contributed by atoms with van der Waals surface area (Å²) in [4.78, 5) is 3.68. The lowest BCUT2D eigenvalue weighted by Crippen LogP contribution is -2.05. The number of aromatic nitrogens is 3. The predicted molar refractivity (Wildman–Crippen MR) is 98.0 cm³/mol. The van der Waals surface area contributed by atoms with E-state index >= 15 is 0 Å². The van der Waals surface area contributed by atoms with Gasteiger partial charge in [0.25, 0.3) is 0 Å². The van der Waals surface area contributed by atoms with Gasteiger partial charge < -0.3 is 0 Å². The van der Waals surface area contributed by atoms with Crippen LogP contribution in [0.25, 0.3) is 0 Å². The number of hydrazone groups is 1. The molecule has 0 amide bonds. The Bertz CT molecular complexity index is 934. The van der Waals surface area contributed by atoms with E-state index in [0.29, 0.717) is 23.0 Å². The minimum absolute atomic E-state index is 0.185. The summed E-state index contributed by atoms with van der Waals surface area (Å²) >= 11 is 6.37. The van der Waals surface area contributed by atoms with E-state index < -0.39 is 11.7 Å². The van der Waals surface area contributed by atoms with Gasteiger partial charge in [0.2, 0.25) is 0 Å². The van der Waals surface area contributed by atoms with E-state index in [4.69, 9.17) is 11.6 Å². The second-order valence-electron chi connectivity index (χ2n) is 5.73. The molecule has 27 heavy (non-hydrogen) atoms. The van der Waals surface area contributed by atoms with Crippen molar-refractivity contribution in [2.24, 2.45) is 5.10 Å². The molecule has 2 aromatic heterocycles. The van der Waals surface area contributed by atoms with E-state index in [1.807, 2.05) is 30.3 Å². The number of nitrogens with one attached hydrogen (secondary N) is 1. The Kier molecular flexibility index (Phi) is 5.46. The van der Waals surface area contributed by atoms with Crippen molar-refractivity contribution < 1.29 is 13.2 Å². The zero-order chi connectivity index (χ0) is 19.4. The maximum Gasteiger partial charge on any atom is 0.417 e. The maximum absolute atomic E-state index is 12.5. The quantitative estimate of drug-likeness (QED) is 0.502. The molecule has 3 rings (SSSR count). The summed E-state index contributed by atoms with van der Waals surface area (Å²) in [5.74, 6) is 0.185. The van der Waals surface area contributed by atoms with Crippen LogP contribution in [-0.2, 0) is 12.7 Å². The number of halogens is 4. The zero-order valence-corrected chi connectivity index (χ0v) is 15.0. The summed E-state index contributed by atoms with van der Waals surface area (Å²) in [6.45, 7) is 2.31. The van der Waals surface area contributed by atoms with Crippen molar-refractivity contribution in [2.45, 2.75) is 19.6 Å². The van der Waals surface area contributed by atoms with Gasteiger partial charge in [-0.3, -0.25) is 5.43 Å². The lowest BCUT2D eigenvalue weighted by Gasteiger charge is -2.06. The largest absolute Gasteiger partial charge is 0.417 e. The molecule has 3 aromatic rings. The fraction of sp³-hybridized carbons (Fsp3) is 0.167. The summed E-state index contributed by atoms with van der Waals surface area (Å²) in [5, 5.41) is 8.80. The first-order valence-corrected chi connectivity index (χ1v) is 8.31. The molecule has 0 radical (unpaired) electrons. The fourth-order valence-corrected chi connectivity index (χ4v) is 2.65. The molecule has 0 saturated heterocycles. The number of anilines is 1. The number of aryl methyl sites for hydroxylation is 1. The Balaban J connectivity index is 1.70. The van der Waals surface area contributed by atoms with Crippen molar-refractivity contribution in [1.82, 2.24) is 14.8 Å². The Morgan fingerprint density at radius 3 is 2.56 bits per heavy atom. The molecule has 1 N–H and O–H groups in total. The number of rotatable bonds is 5. The Morgan fingerprint density at radius 2 is 1.93 bits per heavy atom. The molecule has 9 heteroatoms. The number of benzene rings is 1. The van der Waals surface area contributed by atoms with Crippen LogP contribution >= 0.6 is 11.6 Å². The lowest BCUT2D eigenvalue weighted by molar-refractivity contribution is -0.137. The van der Waals surface area contributed by atoms with Crippen molar-refractivity contribution in [3.8, 4) is 0 Å². The summed E-state index contributed by atoms with van der Waals surface area (Å²) in [6, 6.07) is 11.9. The van der Waals surface area contributed by atoms with Crippen molar-refractivity contribution >= 4 is 23.6 Å². The summed E-state index contributed by atoms with van der Waals surface area (Å²) in [5.41, 5.74) is 4.11. The average molecular weight is 394 g/mol. The minimum atomic E-state index is -4.42. The van der Waals surface area contributed by atoms with E-state index in [1.54, 1.807) is 11.6 Å². The van der Waals surface area contributed by atoms with Crippen LogP contribution in [0.1, 0.15) is 22.4 Å². The van der Waals surface area contributed by atoms with Crippen molar-refractivity contribution in [1.29, 1.82) is 0 Å². The van der Waals surface area contributed by atoms with Gasteiger partial charge in [0.05, 0.1) is 29.6 Å². The van der Waals surface area contributed by atoms with Gasteiger partial charge in [0, 0.05) is 6.20 Å². The highest BCUT2D eigenvalue weighted by atomic mass is 35.5. The van der Waals surface area contributed by atoms with E-state index in [2.05, 4.69) is 20.6 Å². The van der Waals surface area contributed by atoms with Crippen molar-refractivity contribution in [3.63, 3.8) is 0 Å². The van der Waals surface area contributed by atoms with Gasteiger partial charge in [-0.15, -0.1) is 0 Å². The molecular formula is C18H15ClF3N5. The Hall–Kier alpha value is -2.87. The van der Waals surface area contributed by atoms with Crippen molar-refractivity contribution in [3.05, 3.63) is 76.2 Å². The normalized spacial score (nSPS) is 11.9. The lowest BCUT2D eigenvalue weighted by atomic mass is 10.2. The summed E-state index contributed by atoms with van der Waals surface area (Å²) in [7, 11) is 0. The molecule has 0 fully saturated rings. The third-order valence-electron chi connectivity index (χ3n) is 3.75. The van der Waals surface area contributed by atoms with Crippen LogP contribution in [0, 0.1) is 6.92 Å². The van der Waals surface area contributed by atoms with Crippen LogP contribution in [0.5, 0.6) is 0 Å². The molecule has 0 aliphatic carbocycles.